The maximum atomic E-state index is 14.9. The van der Waals surface area contributed by atoms with Gasteiger partial charge in [0.2, 0.25) is 23.2 Å². The van der Waals surface area contributed by atoms with E-state index < -0.39 is 12.0 Å². The van der Waals surface area contributed by atoms with Crippen molar-refractivity contribution in [3.63, 3.8) is 0 Å². The number of anilines is 1. The fraction of sp³-hybridized carbons (Fsp3) is 0.333. The van der Waals surface area contributed by atoms with Crippen LogP contribution in [0.2, 0.25) is 5.02 Å². The average Bonchev–Trinajstić information content (AvgIpc) is 2.93. The van der Waals surface area contributed by atoms with Gasteiger partial charge in [-0.2, -0.15) is 4.98 Å². The maximum Gasteiger partial charge on any atom is 0.247 e. The molecule has 4 rings (SSSR count). The van der Waals surface area contributed by atoms with Gasteiger partial charge in [0.1, 0.15) is 5.82 Å². The first-order valence-corrected chi connectivity index (χ1v) is 12.2. The minimum Gasteiger partial charge on any atom is -0.447 e. The zero-order valence-electron chi connectivity index (χ0n) is 18.4. The lowest BCUT2D eigenvalue weighted by atomic mass is 10.1. The number of aromatic nitrogens is 3. The molecule has 0 bridgehead atoms. The number of ether oxygens (including phenoxy) is 1. The molecule has 2 heterocycles. The lowest BCUT2D eigenvalue weighted by molar-refractivity contribution is -0.118. The number of para-hydroxylation sites is 1. The second-order valence-electron chi connectivity index (χ2n) is 7.67. The number of carbonyl (C=O) groups excluding carboxylic acids is 1. The number of hydrogen-bond donors (Lipinski definition) is 0. The van der Waals surface area contributed by atoms with Crippen molar-refractivity contribution in [3.8, 4) is 17.1 Å². The molecule has 6 nitrogen and oxygen atoms in total. The van der Waals surface area contributed by atoms with Crippen molar-refractivity contribution >= 4 is 35.0 Å². The molecular formula is C24H24ClFN4O2S. The second kappa shape index (κ2) is 10.5. The number of hydrogen-bond acceptors (Lipinski definition) is 6. The van der Waals surface area contributed by atoms with Gasteiger partial charge in [0.15, 0.2) is 5.69 Å². The Bertz CT molecular complexity index is 1140. The van der Waals surface area contributed by atoms with Crippen LogP contribution in [0.15, 0.2) is 47.6 Å². The van der Waals surface area contributed by atoms with Crippen molar-refractivity contribution in [2.24, 2.45) is 0 Å². The first-order valence-electron chi connectivity index (χ1n) is 10.9. The quantitative estimate of drug-likeness (QED) is 0.282. The van der Waals surface area contributed by atoms with Crippen LogP contribution in [0.3, 0.4) is 0 Å². The number of amides is 1. The van der Waals surface area contributed by atoms with Crippen LogP contribution in [-0.4, -0.2) is 26.8 Å². The molecule has 0 radical (unpaired) electrons. The summed E-state index contributed by atoms with van der Waals surface area (Å²) < 4.78 is 21.1. The summed E-state index contributed by atoms with van der Waals surface area (Å²) in [6, 6.07) is 11.6. The Morgan fingerprint density at radius 2 is 1.97 bits per heavy atom. The molecule has 1 aliphatic rings. The average molecular weight is 487 g/mol. The molecule has 2 aromatic carbocycles. The minimum atomic E-state index is -1.15. The predicted molar refractivity (Wildman–Crippen MR) is 128 cm³/mol. The van der Waals surface area contributed by atoms with Gasteiger partial charge in [-0.3, -0.25) is 9.69 Å². The highest BCUT2D eigenvalue weighted by atomic mass is 35.5. The Kier molecular flexibility index (Phi) is 7.45. The van der Waals surface area contributed by atoms with Crippen molar-refractivity contribution in [2.45, 2.75) is 50.9 Å². The number of benzene rings is 2. The summed E-state index contributed by atoms with van der Waals surface area (Å²) in [5.41, 5.74) is 1.59. The van der Waals surface area contributed by atoms with Crippen LogP contribution in [0.4, 0.5) is 10.1 Å². The van der Waals surface area contributed by atoms with Crippen molar-refractivity contribution in [1.29, 1.82) is 0 Å². The van der Waals surface area contributed by atoms with Gasteiger partial charge in [-0.15, -0.1) is 10.2 Å². The Labute approximate surface area is 201 Å². The van der Waals surface area contributed by atoms with Crippen LogP contribution in [0.1, 0.15) is 51.3 Å². The first kappa shape index (κ1) is 23.4. The molecule has 0 saturated carbocycles. The standard InChI is InChI=1S/C24H24ClFN4O2S/c1-3-4-5-8-14-33-24-27-22-21(28-29-24)16-10-6-7-13-19(16)30(15(2)31)23(32-22)20-17(25)11-9-12-18(20)26/h6-7,9-13,23H,3-5,8,14H2,1-2H3/t23-/m0/s1. The monoisotopic (exact) mass is 486 g/mol. The molecule has 0 unspecified atom stereocenters. The van der Waals surface area contributed by atoms with Gasteiger partial charge in [0, 0.05) is 18.2 Å². The number of fused-ring (bicyclic) bond motifs is 3. The number of carbonyl (C=O) groups is 1. The fourth-order valence-corrected chi connectivity index (χ4v) is 4.77. The van der Waals surface area contributed by atoms with Gasteiger partial charge in [0.05, 0.1) is 16.3 Å². The summed E-state index contributed by atoms with van der Waals surface area (Å²) in [5.74, 6) is 0.131. The number of rotatable bonds is 7. The summed E-state index contributed by atoms with van der Waals surface area (Å²) in [6.45, 7) is 3.57. The highest BCUT2D eigenvalue weighted by molar-refractivity contribution is 7.99. The molecule has 1 aliphatic heterocycles. The van der Waals surface area contributed by atoms with Crippen LogP contribution < -0.4 is 9.64 Å². The number of unbranched alkanes of at least 4 members (excludes halogenated alkanes) is 3. The van der Waals surface area contributed by atoms with Crippen LogP contribution >= 0.6 is 23.4 Å². The van der Waals surface area contributed by atoms with Gasteiger partial charge < -0.3 is 4.74 Å². The first-order chi connectivity index (χ1) is 16.0. The van der Waals surface area contributed by atoms with Gasteiger partial charge in [0.25, 0.3) is 0 Å². The highest BCUT2D eigenvalue weighted by Crippen LogP contribution is 2.44. The molecule has 0 fully saturated rings. The number of nitrogens with zero attached hydrogens (tertiary/aromatic N) is 4. The maximum absolute atomic E-state index is 14.9. The third-order valence-corrected chi connectivity index (χ3v) is 6.58. The fourth-order valence-electron chi connectivity index (χ4n) is 3.74. The summed E-state index contributed by atoms with van der Waals surface area (Å²) in [4.78, 5) is 18.7. The van der Waals surface area contributed by atoms with Crippen LogP contribution in [0, 0.1) is 5.82 Å². The lowest BCUT2D eigenvalue weighted by Gasteiger charge is -2.30. The van der Waals surface area contributed by atoms with Crippen LogP contribution in [0.25, 0.3) is 11.3 Å². The third kappa shape index (κ3) is 4.96. The van der Waals surface area contributed by atoms with E-state index in [0.29, 0.717) is 22.1 Å². The SMILES string of the molecule is CCCCCCSc1nnc2c(n1)O[C@@H](c1c(F)cccc1Cl)N(C(C)=O)c1ccccc1-2. The molecule has 33 heavy (non-hydrogen) atoms. The van der Waals surface area contributed by atoms with E-state index in [-0.39, 0.29) is 22.4 Å². The van der Waals surface area contributed by atoms with Crippen molar-refractivity contribution in [1.82, 2.24) is 15.2 Å². The van der Waals surface area contributed by atoms with E-state index in [1.54, 1.807) is 18.2 Å². The van der Waals surface area contributed by atoms with E-state index in [9.17, 15) is 9.18 Å². The van der Waals surface area contributed by atoms with E-state index in [1.807, 2.05) is 12.1 Å². The van der Waals surface area contributed by atoms with E-state index in [0.717, 1.165) is 18.6 Å². The Balaban J connectivity index is 1.79. The predicted octanol–water partition coefficient (Wildman–Crippen LogP) is 6.45. The second-order valence-corrected chi connectivity index (χ2v) is 9.14. The number of thioether (sulfide) groups is 1. The topological polar surface area (TPSA) is 68.2 Å². The minimum absolute atomic E-state index is 0.0596. The van der Waals surface area contributed by atoms with E-state index in [2.05, 4.69) is 22.1 Å². The highest BCUT2D eigenvalue weighted by Gasteiger charge is 2.37. The molecule has 0 aliphatic carbocycles. The van der Waals surface area contributed by atoms with Gasteiger partial charge in [-0.05, 0) is 24.6 Å². The largest absolute Gasteiger partial charge is 0.447 e. The van der Waals surface area contributed by atoms with E-state index >= 15 is 0 Å². The smallest absolute Gasteiger partial charge is 0.247 e. The molecule has 1 aromatic heterocycles. The van der Waals surface area contributed by atoms with Crippen molar-refractivity contribution in [2.75, 3.05) is 10.7 Å². The van der Waals surface area contributed by atoms with Crippen molar-refractivity contribution in [3.05, 3.63) is 58.9 Å². The molecule has 9 heteroatoms. The molecule has 0 N–H and O–H groups in total. The zero-order valence-corrected chi connectivity index (χ0v) is 20.0. The molecule has 0 spiro atoms. The van der Waals surface area contributed by atoms with Gasteiger partial charge in [-0.1, -0.05) is 73.8 Å². The normalized spacial score (nSPS) is 14.8. The zero-order chi connectivity index (χ0) is 23.4. The molecular weight excluding hydrogens is 463 g/mol. The van der Waals surface area contributed by atoms with Crippen molar-refractivity contribution < 1.29 is 13.9 Å². The Hall–Kier alpha value is -2.71. The summed E-state index contributed by atoms with van der Waals surface area (Å²) in [7, 11) is 0. The van der Waals surface area contributed by atoms with Crippen LogP contribution in [-0.2, 0) is 4.79 Å². The summed E-state index contributed by atoms with van der Waals surface area (Å²) in [6.07, 6.45) is 3.40. The van der Waals surface area contributed by atoms with E-state index in [4.69, 9.17) is 16.3 Å². The molecule has 3 aromatic rings. The Morgan fingerprint density at radius 3 is 2.73 bits per heavy atom. The summed E-state index contributed by atoms with van der Waals surface area (Å²) >= 11 is 7.87. The molecule has 0 saturated heterocycles. The number of halogens is 2. The third-order valence-electron chi connectivity index (χ3n) is 5.33. The van der Waals surface area contributed by atoms with E-state index in [1.165, 1.54) is 48.6 Å². The lowest BCUT2D eigenvalue weighted by Crippen LogP contribution is -2.36. The molecule has 1 amide bonds. The van der Waals surface area contributed by atoms with Crippen LogP contribution in [0.5, 0.6) is 5.88 Å². The van der Waals surface area contributed by atoms with Gasteiger partial charge >= 0.3 is 0 Å². The Morgan fingerprint density at radius 1 is 1.15 bits per heavy atom. The molecule has 172 valence electrons. The summed E-state index contributed by atoms with van der Waals surface area (Å²) in [5, 5.41) is 9.27. The van der Waals surface area contributed by atoms with Gasteiger partial charge in [-0.25, -0.2) is 4.39 Å². The molecule has 1 atom stereocenters.